The molecule has 6 aliphatic heterocycles. The summed E-state index contributed by atoms with van der Waals surface area (Å²) in [4.78, 5) is 16.4. The van der Waals surface area contributed by atoms with Crippen LogP contribution in [-0.4, -0.2) is 136 Å². The van der Waals surface area contributed by atoms with E-state index in [2.05, 4.69) is 84.4 Å². The molecule has 7 N–H and O–H groups in total. The van der Waals surface area contributed by atoms with Crippen molar-refractivity contribution in [2.75, 3.05) is 67.7 Å². The highest BCUT2D eigenvalue weighted by Crippen LogP contribution is 2.44. The number of likely N-dealkylation sites (tertiary alicyclic amines) is 2. The maximum atomic E-state index is 14.4. The number of anilines is 3. The van der Waals surface area contributed by atoms with Crippen LogP contribution >= 0.6 is 34.8 Å². The molecular weight excluding hydrogens is 1520 g/mol. The number of rotatable bonds is 15. The van der Waals surface area contributed by atoms with Crippen LogP contribution in [-0.2, 0) is 74.6 Å². The van der Waals surface area contributed by atoms with Gasteiger partial charge in [0.05, 0.1) is 90.3 Å². The lowest BCUT2D eigenvalue weighted by Crippen LogP contribution is -2.65. The second-order valence-electron chi connectivity index (χ2n) is 31.1. The molecule has 24 nitrogen and oxygen atoms in total. The number of sulfonamides is 3. The molecule has 14 rings (SSSR count). The van der Waals surface area contributed by atoms with Gasteiger partial charge in [-0.1, -0.05) is 140 Å². The van der Waals surface area contributed by atoms with Crippen molar-refractivity contribution in [2.24, 2.45) is 25.4 Å². The number of hydrogen-bond acceptors (Lipinski definition) is 18. The van der Waals surface area contributed by atoms with Crippen molar-refractivity contribution in [3.05, 3.63) is 176 Å². The number of fused-ring (bicyclic) bond motifs is 3. The summed E-state index contributed by atoms with van der Waals surface area (Å²) >= 11 is 17.8. The average Bonchev–Trinajstić information content (AvgIpc) is 1.21. The highest BCUT2D eigenvalue weighted by atomic mass is 35.5. The molecule has 2 bridgehead atoms. The van der Waals surface area contributed by atoms with Gasteiger partial charge in [-0.15, -0.1) is 20.4 Å². The molecule has 1 amide bonds. The molecule has 6 fully saturated rings. The van der Waals surface area contributed by atoms with Gasteiger partial charge in [0.15, 0.2) is 11.6 Å². The van der Waals surface area contributed by atoms with Crippen LogP contribution in [0.25, 0.3) is 22.8 Å². The monoisotopic (exact) mass is 1610 g/mol. The molecule has 3 atom stereocenters. The van der Waals surface area contributed by atoms with Crippen LogP contribution in [0.5, 0.6) is 0 Å². The summed E-state index contributed by atoms with van der Waals surface area (Å²) in [6, 6.07) is 26.8. The van der Waals surface area contributed by atoms with Crippen LogP contribution in [0.3, 0.4) is 0 Å². The van der Waals surface area contributed by atoms with Gasteiger partial charge in [-0.25, -0.2) is 44.3 Å². The quantitative estimate of drug-likeness (QED) is 0.0316. The van der Waals surface area contributed by atoms with Crippen molar-refractivity contribution >= 4 is 87.8 Å². The van der Waals surface area contributed by atoms with Gasteiger partial charge in [0.2, 0.25) is 0 Å². The first kappa shape index (κ1) is 83.2. The van der Waals surface area contributed by atoms with Crippen LogP contribution < -0.4 is 30.8 Å². The summed E-state index contributed by atoms with van der Waals surface area (Å²) in [6.45, 7) is 25.7. The molecule has 6 saturated heterocycles. The van der Waals surface area contributed by atoms with E-state index in [0.717, 1.165) is 124 Å². The number of halogens is 6. The fraction of sp³-hybridized carbons (Fsp3) is 0.453. The fourth-order valence-electron chi connectivity index (χ4n) is 13.1. The number of carbonyl (C=O) groups excluding carboxylic acids is 1. The number of aromatic nitrogens is 6. The maximum Gasteiger partial charge on any atom is 0.299 e. The van der Waals surface area contributed by atoms with E-state index in [1.54, 1.807) is 72.3 Å². The Balaban J connectivity index is 0.000000159. The number of hydrogen-bond donors (Lipinski definition) is 6. The number of hydrazine groups is 1. The van der Waals surface area contributed by atoms with Crippen molar-refractivity contribution < 1.29 is 57.4 Å². The van der Waals surface area contributed by atoms with Crippen molar-refractivity contribution in [3.63, 3.8) is 0 Å². The maximum absolute atomic E-state index is 14.4. The molecule has 0 unspecified atom stereocenters. The van der Waals surface area contributed by atoms with Crippen molar-refractivity contribution in [1.82, 2.24) is 50.1 Å². The molecule has 6 aliphatic rings. The molecule has 33 heteroatoms. The Morgan fingerprint density at radius 1 is 0.528 bits per heavy atom. The first-order valence-corrected chi connectivity index (χ1v) is 40.8. The van der Waals surface area contributed by atoms with Gasteiger partial charge in [0, 0.05) is 48.8 Å². The lowest BCUT2D eigenvalue weighted by atomic mass is 9.87. The van der Waals surface area contributed by atoms with Gasteiger partial charge < -0.3 is 28.7 Å². The third-order valence-electron chi connectivity index (χ3n) is 19.7. The topological polar surface area (TPSA) is 301 Å². The number of nitrogens with zero attached hydrogens (tertiary/aromatic N) is 8. The minimum Gasteiger partial charge on any atom is -0.325 e. The summed E-state index contributed by atoms with van der Waals surface area (Å²) < 4.78 is 149. The van der Waals surface area contributed by atoms with E-state index in [1.807, 2.05) is 65.6 Å². The SMILES string of the molecule is CC(C)(C)c1ccc(S(=O)(=O)Nc2cc(F)c(Cl)cc2C(=O)NN)cc1.CN1CCC[C@@H]1C12OCC(C)(CO1)CO2.CN1CCC[C@@H]1c1nnc(-c2cc(Cl)c(F)cc2NS(=O)(=O)c2ccc(C(C)(C)C)cc2)n1C.Cn1c(-c2cc(Cl)c(F)cc2NS(=O)(=O)c2ccc(C(C)(C)C)cc2)nnc1[C@H]1CCCN1. The van der Waals surface area contributed by atoms with Crippen LogP contribution in [0.4, 0.5) is 30.2 Å². The largest absolute Gasteiger partial charge is 0.325 e. The van der Waals surface area contributed by atoms with Gasteiger partial charge in [-0.3, -0.25) is 34.2 Å². The first-order chi connectivity index (χ1) is 50.4. The highest BCUT2D eigenvalue weighted by Gasteiger charge is 2.56. The zero-order valence-electron chi connectivity index (χ0n) is 62.8. The summed E-state index contributed by atoms with van der Waals surface area (Å²) in [5, 5.41) is 20.0. The average molecular weight is 1610 g/mol. The number of ether oxygens (including phenoxy) is 3. The molecule has 8 heterocycles. The highest BCUT2D eigenvalue weighted by molar-refractivity contribution is 7.93. The van der Waals surface area contributed by atoms with Crippen LogP contribution in [0.1, 0.15) is 159 Å². The predicted octanol–water partition coefficient (Wildman–Crippen LogP) is 13.9. The summed E-state index contributed by atoms with van der Waals surface area (Å²) in [5.41, 5.74) is 4.85. The molecule has 108 heavy (non-hydrogen) atoms. The zero-order valence-corrected chi connectivity index (χ0v) is 67.6. The summed E-state index contributed by atoms with van der Waals surface area (Å²) in [6.07, 6.45) is 6.29. The summed E-state index contributed by atoms with van der Waals surface area (Å²) in [7, 11) is -4.27. The number of carbonyl (C=O) groups is 1. The lowest BCUT2D eigenvalue weighted by Gasteiger charge is -2.53. The first-order valence-electron chi connectivity index (χ1n) is 35.2. The Morgan fingerprint density at radius 2 is 0.907 bits per heavy atom. The zero-order chi connectivity index (χ0) is 79.0. The van der Waals surface area contributed by atoms with Gasteiger partial charge >= 0.3 is 0 Å². The van der Waals surface area contributed by atoms with E-state index in [0.29, 0.717) is 22.8 Å². The molecule has 0 radical (unpaired) electrons. The van der Waals surface area contributed by atoms with Gasteiger partial charge in [0.1, 0.15) is 29.1 Å². The molecule has 0 saturated carbocycles. The number of nitrogens with one attached hydrogen (secondary N) is 5. The Kier molecular flexibility index (Phi) is 25.1. The van der Waals surface area contributed by atoms with E-state index in [-0.39, 0.29) is 92.2 Å². The Bertz CT molecular complexity index is 4930. The molecule has 6 aromatic carbocycles. The third-order valence-corrected chi connectivity index (χ3v) is 24.7. The standard InChI is InChI=1S/C24H29ClFN5O2S.C23H27ClFN5O2S.C17H19ClFN3O3S.C11H19NO3/c1-24(2,3)15-8-10-16(11-9-15)34(32,33)29-20-14-19(26)18(25)13-17(20)22-27-28-23(31(22)5)21-7-6-12-30(21)4;1-23(2,3)14-7-9-15(10-8-14)33(31,32)29-20-13-18(25)17(24)12-16(20)21-27-28-22(30(21)4)19-6-5-11-26-19;1-17(2,3)10-4-6-11(7-5-10)26(24,25)22-15-9-14(19)13(18)8-12(15)16(23)21-20;1-10-6-13-11(14-7-10,15-8-10)9-4-3-5-12(9)2/h8-11,13-14,21,29H,6-7,12H2,1-5H3;7-10,12-13,19,26,29H,5-6,11H2,1-4H3;4-9,22H,20H2,1-3H3,(H,21,23);9H,3-8H2,1-2H3/t21-;19-;;9-,10?,11?/m11.1/s1. The molecule has 0 spiro atoms. The number of likely N-dealkylation sites (N-methyl/N-ethyl adjacent to an activating group) is 1. The number of amides is 1. The lowest BCUT2D eigenvalue weighted by molar-refractivity contribution is -0.479. The molecule has 0 aliphatic carbocycles. The number of benzene rings is 6. The Morgan fingerprint density at radius 3 is 1.28 bits per heavy atom. The summed E-state index contributed by atoms with van der Waals surface area (Å²) in [5.74, 6) is 3.45. The predicted molar refractivity (Wildman–Crippen MR) is 413 cm³/mol. The minimum absolute atomic E-state index is 0.0278. The normalized spacial score (nSPS) is 20.6. The van der Waals surface area contributed by atoms with Crippen LogP contribution in [0, 0.1) is 22.9 Å². The van der Waals surface area contributed by atoms with E-state index in [1.165, 1.54) is 30.7 Å². The molecular formula is C75H94Cl3F3N14O10S3. The minimum atomic E-state index is -4.05. The van der Waals surface area contributed by atoms with E-state index in [9.17, 15) is 43.2 Å². The van der Waals surface area contributed by atoms with Gasteiger partial charge in [-0.05, 0) is 160 Å². The van der Waals surface area contributed by atoms with Crippen molar-refractivity contribution in [3.8, 4) is 22.8 Å². The molecule has 2 aromatic heterocycles. The Hall–Kier alpha value is -7.30. The van der Waals surface area contributed by atoms with Crippen molar-refractivity contribution in [2.45, 2.75) is 163 Å². The fourth-order valence-corrected chi connectivity index (χ4v) is 16.9. The van der Waals surface area contributed by atoms with E-state index in [4.69, 9.17) is 54.9 Å². The van der Waals surface area contributed by atoms with Crippen LogP contribution in [0.15, 0.2) is 124 Å². The molecule has 584 valence electrons. The second-order valence-corrected chi connectivity index (χ2v) is 37.4. The second kappa shape index (κ2) is 32.6. The van der Waals surface area contributed by atoms with E-state index >= 15 is 0 Å². The third kappa shape index (κ3) is 18.8. The van der Waals surface area contributed by atoms with Gasteiger partial charge in [0.25, 0.3) is 42.0 Å². The number of nitrogens with two attached hydrogens (primary N) is 1. The Labute approximate surface area is 645 Å². The van der Waals surface area contributed by atoms with Crippen molar-refractivity contribution in [1.29, 1.82) is 0 Å². The number of nitrogen functional groups attached to an aromatic ring is 1. The molecule has 8 aromatic rings. The van der Waals surface area contributed by atoms with Crippen LogP contribution in [0.2, 0.25) is 15.1 Å². The van der Waals surface area contributed by atoms with E-state index < -0.39 is 59.4 Å². The smallest absolute Gasteiger partial charge is 0.299 e. The van der Waals surface area contributed by atoms with Gasteiger partial charge in [-0.2, -0.15) is 0 Å².